The van der Waals surface area contributed by atoms with Crippen LogP contribution >= 0.6 is 11.3 Å². The molecule has 7 nitrogen and oxygen atoms in total. The number of carbonyl (C=O) groups excluding carboxylic acids is 1. The average molecular weight is 331 g/mol. The van der Waals surface area contributed by atoms with Gasteiger partial charge in [-0.05, 0) is 6.07 Å². The number of nitrogens with zero attached hydrogens (tertiary/aromatic N) is 3. The smallest absolute Gasteiger partial charge is 0.292 e. The molecular weight excluding hydrogens is 316 g/mol. The lowest BCUT2D eigenvalue weighted by Gasteiger charge is -2.24. The van der Waals surface area contributed by atoms with E-state index in [-0.39, 0.29) is 28.7 Å². The maximum absolute atomic E-state index is 12.9. The fraction of sp³-hybridized carbons (Fsp3) is 0.333. The van der Waals surface area contributed by atoms with Crippen LogP contribution in [0.4, 0.5) is 10.8 Å². The molecule has 1 amide bonds. The van der Waals surface area contributed by atoms with Crippen LogP contribution in [0.1, 0.15) is 24.6 Å². The summed E-state index contributed by atoms with van der Waals surface area (Å²) in [4.78, 5) is 30.9. The number of thiazole rings is 1. The molecule has 2 aliphatic rings. The maximum Gasteiger partial charge on any atom is 0.292 e. The molecule has 8 heteroatoms. The van der Waals surface area contributed by atoms with Crippen molar-refractivity contribution in [1.82, 2.24) is 4.98 Å². The molecule has 3 heterocycles. The number of aromatic nitrogens is 1. The zero-order valence-corrected chi connectivity index (χ0v) is 13.0. The van der Waals surface area contributed by atoms with Gasteiger partial charge in [0.05, 0.1) is 11.5 Å². The number of hydrogen-bond donors (Lipinski definition) is 1. The number of amides is 1. The molecule has 118 valence electrons. The molecule has 2 fully saturated rings. The number of nitro benzene ring substituents is 1. The number of rotatable bonds is 3. The predicted octanol–water partition coefficient (Wildman–Crippen LogP) is 1.14. The summed E-state index contributed by atoms with van der Waals surface area (Å²) in [5.74, 6) is 0.0237. The normalized spacial score (nSPS) is 26.5. The molecular formula is C15H15N4O3S+. The second kappa shape index (κ2) is 5.39. The largest absolute Gasteiger partial charge is 0.300 e. The van der Waals surface area contributed by atoms with E-state index in [0.29, 0.717) is 10.7 Å². The fourth-order valence-electron chi connectivity index (χ4n) is 3.70. The second-order valence-electron chi connectivity index (χ2n) is 5.76. The highest BCUT2D eigenvalue weighted by atomic mass is 32.1. The first-order valence-electron chi connectivity index (χ1n) is 7.50. The van der Waals surface area contributed by atoms with Crippen LogP contribution in [-0.4, -0.2) is 28.4 Å². The molecule has 3 unspecified atom stereocenters. The molecule has 4 rings (SSSR count). The van der Waals surface area contributed by atoms with E-state index in [4.69, 9.17) is 0 Å². The van der Waals surface area contributed by atoms with Crippen LogP contribution in [-0.2, 0) is 4.79 Å². The molecule has 2 aliphatic heterocycles. The Kier molecular flexibility index (Phi) is 3.35. The molecule has 1 N–H and O–H groups in total. The molecule has 0 saturated carbocycles. The standard InChI is InChI=1S/C15H14N4O3S/c20-14-12-6-3-8-17(12)13(18(14)15-16-7-9-23-15)10-4-1-2-5-11(10)19(21)22/h1-2,4-5,7,9,12-13H,3,6,8H2/p+1. The van der Waals surface area contributed by atoms with Crippen molar-refractivity contribution in [3.63, 3.8) is 0 Å². The minimum atomic E-state index is -0.372. The molecule has 3 atom stereocenters. The number of carbonyl (C=O) groups is 1. The van der Waals surface area contributed by atoms with Crippen molar-refractivity contribution >= 4 is 28.1 Å². The Balaban J connectivity index is 1.87. The fourth-order valence-corrected chi connectivity index (χ4v) is 4.38. The Hall–Kier alpha value is -2.32. The van der Waals surface area contributed by atoms with Gasteiger partial charge in [0.2, 0.25) is 6.17 Å². The first kappa shape index (κ1) is 14.3. The Morgan fingerprint density at radius 2 is 2.22 bits per heavy atom. The van der Waals surface area contributed by atoms with Crippen molar-refractivity contribution in [1.29, 1.82) is 0 Å². The highest BCUT2D eigenvalue weighted by Crippen LogP contribution is 2.35. The maximum atomic E-state index is 12.9. The van der Waals surface area contributed by atoms with E-state index in [1.165, 1.54) is 17.4 Å². The summed E-state index contributed by atoms with van der Waals surface area (Å²) in [7, 11) is 0. The lowest BCUT2D eigenvalue weighted by Crippen LogP contribution is -3.12. The quantitative estimate of drug-likeness (QED) is 0.676. The number of benzene rings is 1. The SMILES string of the molecule is O=C1C2CCC[NH+]2C(c2ccccc2[N+](=O)[O-])N1c1nccs1. The lowest BCUT2D eigenvalue weighted by molar-refractivity contribution is -0.924. The van der Waals surface area contributed by atoms with Crippen LogP contribution in [0, 0.1) is 10.1 Å². The zero-order chi connectivity index (χ0) is 16.0. The summed E-state index contributed by atoms with van der Waals surface area (Å²) in [6.07, 6.45) is 3.08. The van der Waals surface area contributed by atoms with Crippen LogP contribution in [0.15, 0.2) is 35.8 Å². The molecule has 0 radical (unpaired) electrons. The molecule has 0 spiro atoms. The summed E-state index contributed by atoms with van der Waals surface area (Å²) >= 11 is 1.39. The third-order valence-electron chi connectivity index (χ3n) is 4.60. The van der Waals surface area contributed by atoms with Crippen molar-refractivity contribution < 1.29 is 14.6 Å². The van der Waals surface area contributed by atoms with E-state index in [1.807, 2.05) is 5.38 Å². The third kappa shape index (κ3) is 2.13. The number of hydrogen-bond acceptors (Lipinski definition) is 5. The Morgan fingerprint density at radius 1 is 1.39 bits per heavy atom. The number of nitrogens with one attached hydrogen (secondary N) is 1. The van der Waals surface area contributed by atoms with Gasteiger partial charge >= 0.3 is 0 Å². The number of quaternary nitrogens is 1. The van der Waals surface area contributed by atoms with Gasteiger partial charge < -0.3 is 4.90 Å². The summed E-state index contributed by atoms with van der Waals surface area (Å²) in [5.41, 5.74) is 0.646. The zero-order valence-electron chi connectivity index (χ0n) is 12.2. The van der Waals surface area contributed by atoms with E-state index >= 15 is 0 Å². The molecule has 2 aromatic rings. The van der Waals surface area contributed by atoms with Crippen LogP contribution in [0.3, 0.4) is 0 Å². The van der Waals surface area contributed by atoms with Crippen molar-refractivity contribution in [3.8, 4) is 0 Å². The van der Waals surface area contributed by atoms with Crippen molar-refractivity contribution in [2.75, 3.05) is 11.4 Å². The summed E-state index contributed by atoms with van der Waals surface area (Å²) < 4.78 is 0. The second-order valence-corrected chi connectivity index (χ2v) is 6.63. The van der Waals surface area contributed by atoms with E-state index in [2.05, 4.69) is 4.98 Å². The summed E-state index contributed by atoms with van der Waals surface area (Å²) in [6, 6.07) is 6.58. The van der Waals surface area contributed by atoms with Crippen molar-refractivity contribution in [3.05, 3.63) is 51.5 Å². The van der Waals surface area contributed by atoms with E-state index < -0.39 is 0 Å². The van der Waals surface area contributed by atoms with E-state index in [0.717, 1.165) is 24.3 Å². The van der Waals surface area contributed by atoms with Crippen LogP contribution in [0.5, 0.6) is 0 Å². The van der Waals surface area contributed by atoms with Crippen LogP contribution in [0.2, 0.25) is 0 Å². The highest BCUT2D eigenvalue weighted by Gasteiger charge is 2.55. The van der Waals surface area contributed by atoms with Gasteiger partial charge in [0.15, 0.2) is 11.2 Å². The van der Waals surface area contributed by atoms with Crippen LogP contribution < -0.4 is 9.80 Å². The molecule has 23 heavy (non-hydrogen) atoms. The predicted molar refractivity (Wildman–Crippen MR) is 84.3 cm³/mol. The number of nitro groups is 1. The molecule has 1 aromatic heterocycles. The minimum absolute atomic E-state index is 0.0237. The van der Waals surface area contributed by atoms with Gasteiger partial charge in [-0.15, -0.1) is 11.3 Å². The van der Waals surface area contributed by atoms with Crippen LogP contribution in [0.25, 0.3) is 0 Å². The Morgan fingerprint density at radius 3 is 2.96 bits per heavy atom. The number of fused-ring (bicyclic) bond motifs is 1. The van der Waals surface area contributed by atoms with Crippen molar-refractivity contribution in [2.45, 2.75) is 25.0 Å². The van der Waals surface area contributed by atoms with Gasteiger partial charge in [-0.25, -0.2) is 9.88 Å². The Bertz CT molecular complexity index is 764. The average Bonchev–Trinajstić information content (AvgIpc) is 3.25. The molecule has 1 aromatic carbocycles. The lowest BCUT2D eigenvalue weighted by atomic mass is 10.1. The molecule has 0 aliphatic carbocycles. The van der Waals surface area contributed by atoms with Gasteiger partial charge in [0.1, 0.15) is 5.56 Å². The first-order valence-corrected chi connectivity index (χ1v) is 8.38. The van der Waals surface area contributed by atoms with Gasteiger partial charge in [0, 0.05) is 30.5 Å². The summed E-state index contributed by atoms with van der Waals surface area (Å²) in [5, 5.41) is 13.9. The number of anilines is 1. The van der Waals surface area contributed by atoms with Gasteiger partial charge in [0.25, 0.3) is 11.6 Å². The van der Waals surface area contributed by atoms with E-state index in [1.54, 1.807) is 29.3 Å². The highest BCUT2D eigenvalue weighted by molar-refractivity contribution is 7.13. The molecule has 0 bridgehead atoms. The van der Waals surface area contributed by atoms with Crippen molar-refractivity contribution in [2.24, 2.45) is 0 Å². The Labute approximate surface area is 136 Å². The minimum Gasteiger partial charge on any atom is -0.300 e. The monoisotopic (exact) mass is 331 g/mol. The topological polar surface area (TPSA) is 80.8 Å². The third-order valence-corrected chi connectivity index (χ3v) is 5.37. The van der Waals surface area contributed by atoms with E-state index in [9.17, 15) is 14.9 Å². The first-order chi connectivity index (χ1) is 11.2. The van der Waals surface area contributed by atoms with Gasteiger partial charge in [-0.3, -0.25) is 14.9 Å². The van der Waals surface area contributed by atoms with Gasteiger partial charge in [-0.2, -0.15) is 0 Å². The number of para-hydroxylation sites is 1. The molecule has 2 saturated heterocycles. The summed E-state index contributed by atoms with van der Waals surface area (Å²) in [6.45, 7) is 0.842. The van der Waals surface area contributed by atoms with Gasteiger partial charge in [-0.1, -0.05) is 12.1 Å².